The Bertz CT molecular complexity index is 1080. The molecular formula is C23H22FNO3. The molecule has 4 nitrogen and oxygen atoms in total. The van der Waals surface area contributed by atoms with Gasteiger partial charge in [0.1, 0.15) is 18.2 Å². The van der Waals surface area contributed by atoms with Gasteiger partial charge in [0.25, 0.3) is 0 Å². The minimum Gasteiger partial charge on any atom is -0.491 e. The predicted octanol–water partition coefficient (Wildman–Crippen LogP) is 5.59. The van der Waals surface area contributed by atoms with Gasteiger partial charge >= 0.3 is 5.97 Å². The van der Waals surface area contributed by atoms with Crippen molar-refractivity contribution in [3.05, 3.63) is 53.3 Å². The van der Waals surface area contributed by atoms with Crippen molar-refractivity contribution in [1.82, 2.24) is 4.57 Å². The molecule has 2 aliphatic rings. The van der Waals surface area contributed by atoms with Gasteiger partial charge in [-0.25, -0.2) is 9.18 Å². The number of nitrogens with zero attached hydrogens (tertiary/aromatic N) is 1. The minimum atomic E-state index is -0.951. The molecule has 28 heavy (non-hydrogen) atoms. The Morgan fingerprint density at radius 2 is 1.96 bits per heavy atom. The molecule has 0 bridgehead atoms. The normalized spacial score (nSPS) is 16.9. The summed E-state index contributed by atoms with van der Waals surface area (Å²) in [5.41, 5.74) is 3.64. The Kier molecular flexibility index (Phi) is 4.11. The third kappa shape index (κ3) is 2.60. The van der Waals surface area contributed by atoms with Gasteiger partial charge in [0.15, 0.2) is 0 Å². The third-order valence-electron chi connectivity index (χ3n) is 6.15. The van der Waals surface area contributed by atoms with E-state index in [9.17, 15) is 9.90 Å². The molecule has 1 aromatic heterocycles. The maximum atomic E-state index is 15.0. The first-order valence-corrected chi connectivity index (χ1v) is 9.96. The molecule has 5 heteroatoms. The second-order valence-electron chi connectivity index (χ2n) is 7.75. The smallest absolute Gasteiger partial charge is 0.335 e. The highest BCUT2D eigenvalue weighted by atomic mass is 19.1. The summed E-state index contributed by atoms with van der Waals surface area (Å²) in [5, 5.41) is 10.5. The Labute approximate surface area is 162 Å². The standard InChI is InChI=1S/C23H22FNO3/c24-17-7-4-8-19-21(17)22-20(14-5-2-1-3-6-14)16-10-9-15(23(26)27)13-18(16)25(22)11-12-28-19/h4,7-10,13-14H,1-3,5-6,11-12H2,(H,26,27). The number of fused-ring (bicyclic) bond motifs is 5. The molecular weight excluding hydrogens is 357 g/mol. The van der Waals surface area contributed by atoms with Crippen LogP contribution in [0.15, 0.2) is 36.4 Å². The second-order valence-corrected chi connectivity index (χ2v) is 7.75. The van der Waals surface area contributed by atoms with Crippen LogP contribution in [0.3, 0.4) is 0 Å². The van der Waals surface area contributed by atoms with Crippen molar-refractivity contribution in [2.24, 2.45) is 0 Å². The van der Waals surface area contributed by atoms with Gasteiger partial charge in [-0.2, -0.15) is 0 Å². The lowest BCUT2D eigenvalue weighted by Crippen LogP contribution is -2.08. The maximum absolute atomic E-state index is 15.0. The summed E-state index contributed by atoms with van der Waals surface area (Å²) >= 11 is 0. The van der Waals surface area contributed by atoms with Gasteiger partial charge < -0.3 is 14.4 Å². The van der Waals surface area contributed by atoms with E-state index in [1.807, 2.05) is 12.1 Å². The number of carboxylic acid groups (broad SMARTS) is 1. The molecule has 0 unspecified atom stereocenters. The van der Waals surface area contributed by atoms with Crippen LogP contribution in [-0.2, 0) is 6.54 Å². The lowest BCUT2D eigenvalue weighted by Gasteiger charge is -2.23. The molecule has 2 aromatic carbocycles. The van der Waals surface area contributed by atoms with Gasteiger partial charge in [-0.3, -0.25) is 0 Å². The van der Waals surface area contributed by atoms with Crippen LogP contribution in [0.4, 0.5) is 4.39 Å². The van der Waals surface area contributed by atoms with Crippen molar-refractivity contribution in [1.29, 1.82) is 0 Å². The van der Waals surface area contributed by atoms with Gasteiger partial charge in [-0.05, 0) is 48.6 Å². The molecule has 1 aliphatic carbocycles. The van der Waals surface area contributed by atoms with Crippen LogP contribution < -0.4 is 4.74 Å². The van der Waals surface area contributed by atoms with Crippen molar-refractivity contribution in [3.63, 3.8) is 0 Å². The second kappa shape index (κ2) is 6.66. The Morgan fingerprint density at radius 3 is 2.75 bits per heavy atom. The summed E-state index contributed by atoms with van der Waals surface area (Å²) in [6.07, 6.45) is 5.74. The van der Waals surface area contributed by atoms with E-state index in [2.05, 4.69) is 4.57 Å². The number of halogens is 1. The van der Waals surface area contributed by atoms with Gasteiger partial charge in [-0.1, -0.05) is 31.4 Å². The molecule has 1 saturated carbocycles. The van der Waals surface area contributed by atoms with Crippen LogP contribution in [0, 0.1) is 5.82 Å². The van der Waals surface area contributed by atoms with Gasteiger partial charge in [0, 0.05) is 10.9 Å². The number of hydrogen-bond donors (Lipinski definition) is 1. The number of aromatic nitrogens is 1. The van der Waals surface area contributed by atoms with Crippen molar-refractivity contribution in [3.8, 4) is 17.0 Å². The first-order valence-electron chi connectivity index (χ1n) is 9.96. The number of benzene rings is 2. The van der Waals surface area contributed by atoms with E-state index in [1.54, 1.807) is 18.2 Å². The molecule has 0 atom stereocenters. The maximum Gasteiger partial charge on any atom is 0.335 e. The van der Waals surface area contributed by atoms with Gasteiger partial charge in [-0.15, -0.1) is 0 Å². The third-order valence-corrected chi connectivity index (χ3v) is 6.15. The molecule has 1 fully saturated rings. The molecule has 0 radical (unpaired) electrons. The summed E-state index contributed by atoms with van der Waals surface area (Å²) in [6, 6.07) is 10.3. The fourth-order valence-corrected chi connectivity index (χ4v) is 4.92. The summed E-state index contributed by atoms with van der Waals surface area (Å²) in [5.74, 6) is -0.321. The average Bonchev–Trinajstić information content (AvgIpc) is 2.88. The Morgan fingerprint density at radius 1 is 1.14 bits per heavy atom. The SMILES string of the molecule is O=C(O)c1ccc2c(C3CCCCC3)c3n(c2c1)CCOc1cccc(F)c1-3. The molecule has 144 valence electrons. The fraction of sp³-hybridized carbons (Fsp3) is 0.348. The lowest BCUT2D eigenvalue weighted by atomic mass is 9.81. The molecule has 3 aromatic rings. The number of aromatic carboxylic acids is 1. The highest BCUT2D eigenvalue weighted by molar-refractivity contribution is 5.98. The first kappa shape index (κ1) is 17.3. The van der Waals surface area contributed by atoms with E-state index >= 15 is 4.39 Å². The first-order chi connectivity index (χ1) is 13.6. The highest BCUT2D eigenvalue weighted by Crippen LogP contribution is 2.47. The zero-order chi connectivity index (χ0) is 19.3. The van der Waals surface area contributed by atoms with E-state index in [0.29, 0.717) is 30.4 Å². The van der Waals surface area contributed by atoms with Crippen LogP contribution in [0.5, 0.6) is 5.75 Å². The fourth-order valence-electron chi connectivity index (χ4n) is 4.92. The largest absolute Gasteiger partial charge is 0.491 e. The molecule has 0 amide bonds. The monoisotopic (exact) mass is 379 g/mol. The minimum absolute atomic E-state index is 0.252. The van der Waals surface area contributed by atoms with E-state index in [-0.39, 0.29) is 11.4 Å². The average molecular weight is 379 g/mol. The Balaban J connectivity index is 1.87. The zero-order valence-corrected chi connectivity index (χ0v) is 15.6. The van der Waals surface area contributed by atoms with Crippen LogP contribution in [0.1, 0.15) is 53.9 Å². The number of ether oxygens (including phenoxy) is 1. The molecule has 0 spiro atoms. The summed E-state index contributed by atoms with van der Waals surface area (Å²) < 4.78 is 23.0. The van der Waals surface area contributed by atoms with Gasteiger partial charge in [0.05, 0.1) is 23.4 Å². The van der Waals surface area contributed by atoms with Crippen molar-refractivity contribution >= 4 is 16.9 Å². The number of carbonyl (C=O) groups is 1. The van der Waals surface area contributed by atoms with Crippen molar-refractivity contribution in [2.45, 2.75) is 44.6 Å². The van der Waals surface area contributed by atoms with Crippen LogP contribution in [-0.4, -0.2) is 22.2 Å². The van der Waals surface area contributed by atoms with E-state index in [4.69, 9.17) is 4.74 Å². The quantitative estimate of drug-likeness (QED) is 0.632. The van der Waals surface area contributed by atoms with Crippen LogP contribution in [0.25, 0.3) is 22.2 Å². The number of rotatable bonds is 2. The predicted molar refractivity (Wildman–Crippen MR) is 106 cm³/mol. The van der Waals surface area contributed by atoms with Gasteiger partial charge in [0.2, 0.25) is 0 Å². The van der Waals surface area contributed by atoms with Crippen LogP contribution in [0.2, 0.25) is 0 Å². The molecule has 1 N–H and O–H groups in total. The lowest BCUT2D eigenvalue weighted by molar-refractivity contribution is 0.0697. The summed E-state index contributed by atoms with van der Waals surface area (Å²) in [4.78, 5) is 11.5. The summed E-state index contributed by atoms with van der Waals surface area (Å²) in [7, 11) is 0. The van der Waals surface area contributed by atoms with E-state index in [1.165, 1.54) is 25.3 Å². The van der Waals surface area contributed by atoms with Crippen molar-refractivity contribution < 1.29 is 19.0 Å². The van der Waals surface area contributed by atoms with Crippen molar-refractivity contribution in [2.75, 3.05) is 6.61 Å². The number of hydrogen-bond acceptors (Lipinski definition) is 2. The molecule has 1 aliphatic heterocycles. The molecule has 5 rings (SSSR count). The van der Waals surface area contributed by atoms with E-state index in [0.717, 1.165) is 35.0 Å². The number of carboxylic acids is 1. The summed E-state index contributed by atoms with van der Waals surface area (Å²) in [6.45, 7) is 0.990. The highest BCUT2D eigenvalue weighted by Gasteiger charge is 2.31. The van der Waals surface area contributed by atoms with E-state index < -0.39 is 5.97 Å². The van der Waals surface area contributed by atoms with Crippen LogP contribution >= 0.6 is 0 Å². The topological polar surface area (TPSA) is 51.5 Å². The Hall–Kier alpha value is -2.82. The zero-order valence-electron chi connectivity index (χ0n) is 15.6. The molecule has 0 saturated heterocycles. The molecule has 2 heterocycles.